The van der Waals surface area contributed by atoms with Gasteiger partial charge in [-0.25, -0.2) is 0 Å². The number of nitro benzene ring substituents is 1. The fourth-order valence-electron chi connectivity index (χ4n) is 1.31. The first-order valence-corrected chi connectivity index (χ1v) is 5.17. The molecule has 16 heavy (non-hydrogen) atoms. The molecule has 1 aromatic carbocycles. The summed E-state index contributed by atoms with van der Waals surface area (Å²) in [5, 5.41) is 14.0. The monoisotopic (exact) mass is 224 g/mol. The van der Waals surface area contributed by atoms with Crippen LogP contribution in [0.1, 0.15) is 20.3 Å². The van der Waals surface area contributed by atoms with Crippen LogP contribution in [-0.2, 0) is 0 Å². The molecule has 0 saturated heterocycles. The normalized spacial score (nSPS) is 11.9. The van der Waals surface area contributed by atoms with E-state index in [0.717, 1.165) is 12.1 Å². The van der Waals surface area contributed by atoms with Gasteiger partial charge in [-0.3, -0.25) is 10.1 Å². The lowest BCUT2D eigenvalue weighted by molar-refractivity contribution is -0.385. The molecule has 0 spiro atoms. The first kappa shape index (κ1) is 12.3. The number of hydrogen-bond acceptors (Lipinski definition) is 4. The maximum atomic E-state index is 10.8. The van der Waals surface area contributed by atoms with Gasteiger partial charge in [-0.05, 0) is 25.5 Å². The summed E-state index contributed by atoms with van der Waals surface area (Å²) in [6.45, 7) is 4.08. The van der Waals surface area contributed by atoms with Crippen LogP contribution >= 0.6 is 0 Å². The van der Waals surface area contributed by atoms with Crippen molar-refractivity contribution >= 4 is 11.4 Å². The van der Waals surface area contributed by atoms with Crippen molar-refractivity contribution in [2.24, 2.45) is 0 Å². The summed E-state index contributed by atoms with van der Waals surface area (Å²) in [6, 6.07) is 5.15. The predicted molar refractivity (Wildman–Crippen MR) is 63.0 cm³/mol. The van der Waals surface area contributed by atoms with Crippen LogP contribution < -0.4 is 10.1 Å². The highest BCUT2D eigenvalue weighted by Gasteiger charge is 2.15. The van der Waals surface area contributed by atoms with Gasteiger partial charge in [0.2, 0.25) is 0 Å². The van der Waals surface area contributed by atoms with E-state index in [9.17, 15) is 10.1 Å². The van der Waals surface area contributed by atoms with Crippen molar-refractivity contribution in [3.63, 3.8) is 0 Å². The zero-order valence-electron chi connectivity index (χ0n) is 9.69. The number of rotatable bonds is 5. The number of ether oxygens (including phenoxy) is 1. The Kier molecular flexibility index (Phi) is 4.10. The minimum Gasteiger partial charge on any atom is -0.490 e. The van der Waals surface area contributed by atoms with E-state index in [0.29, 0.717) is 0 Å². The number of benzene rings is 1. The number of hydrogen-bond donors (Lipinski definition) is 1. The molecule has 0 aliphatic carbocycles. The zero-order chi connectivity index (χ0) is 12.1. The van der Waals surface area contributed by atoms with Crippen molar-refractivity contribution in [1.82, 2.24) is 0 Å². The van der Waals surface area contributed by atoms with E-state index in [2.05, 4.69) is 12.2 Å². The summed E-state index contributed by atoms with van der Waals surface area (Å²) in [5.41, 5.74) is 0.720. The van der Waals surface area contributed by atoms with E-state index in [1.165, 1.54) is 13.2 Å². The molecular formula is C11H16N2O3. The van der Waals surface area contributed by atoms with Crippen molar-refractivity contribution in [3.05, 3.63) is 28.3 Å². The number of nitrogens with one attached hydrogen (secondary N) is 1. The maximum Gasteiger partial charge on any atom is 0.312 e. The lowest BCUT2D eigenvalue weighted by Crippen LogP contribution is -2.13. The van der Waals surface area contributed by atoms with Crippen molar-refractivity contribution in [1.29, 1.82) is 0 Å². The highest BCUT2D eigenvalue weighted by Crippen LogP contribution is 2.29. The summed E-state index contributed by atoms with van der Waals surface area (Å²) in [5.74, 6) is 0.278. The van der Waals surface area contributed by atoms with Gasteiger partial charge in [-0.15, -0.1) is 0 Å². The van der Waals surface area contributed by atoms with Gasteiger partial charge >= 0.3 is 5.69 Å². The van der Waals surface area contributed by atoms with Gasteiger partial charge in [0.15, 0.2) is 5.75 Å². The number of anilines is 1. The molecule has 0 aromatic heterocycles. The van der Waals surface area contributed by atoms with E-state index in [-0.39, 0.29) is 17.5 Å². The average molecular weight is 224 g/mol. The summed E-state index contributed by atoms with van der Waals surface area (Å²) in [7, 11) is 1.42. The molecule has 0 bridgehead atoms. The SMILES string of the molecule is CCC(C)Nc1ccc(OC)c([N+](=O)[O-])c1. The van der Waals surface area contributed by atoms with E-state index in [1.807, 2.05) is 6.92 Å². The van der Waals surface area contributed by atoms with Crippen molar-refractivity contribution < 1.29 is 9.66 Å². The molecule has 5 heteroatoms. The second kappa shape index (κ2) is 5.34. The summed E-state index contributed by atoms with van der Waals surface area (Å²) >= 11 is 0. The van der Waals surface area contributed by atoms with Crippen molar-refractivity contribution in [2.45, 2.75) is 26.3 Å². The van der Waals surface area contributed by atoms with Crippen LogP contribution in [0.3, 0.4) is 0 Å². The van der Waals surface area contributed by atoms with Gasteiger partial charge in [0.25, 0.3) is 0 Å². The summed E-state index contributed by atoms with van der Waals surface area (Å²) < 4.78 is 4.92. The van der Waals surface area contributed by atoms with Crippen LogP contribution in [0.5, 0.6) is 5.75 Å². The third-order valence-electron chi connectivity index (χ3n) is 2.40. The average Bonchev–Trinajstić information content (AvgIpc) is 2.28. The Morgan fingerprint density at radius 2 is 2.25 bits per heavy atom. The molecule has 88 valence electrons. The molecule has 0 aliphatic rings. The van der Waals surface area contributed by atoms with E-state index >= 15 is 0 Å². The molecule has 0 amide bonds. The molecule has 0 aliphatic heterocycles. The Hall–Kier alpha value is -1.78. The third kappa shape index (κ3) is 2.85. The number of methoxy groups -OCH3 is 1. The second-order valence-corrected chi connectivity index (χ2v) is 3.60. The molecule has 0 radical (unpaired) electrons. The van der Waals surface area contributed by atoms with Gasteiger partial charge in [0.05, 0.1) is 12.0 Å². The Morgan fingerprint density at radius 3 is 2.75 bits per heavy atom. The minimum absolute atomic E-state index is 0.0178. The molecule has 0 saturated carbocycles. The second-order valence-electron chi connectivity index (χ2n) is 3.60. The van der Waals surface area contributed by atoms with Gasteiger partial charge in [-0.1, -0.05) is 6.92 Å². The summed E-state index contributed by atoms with van der Waals surface area (Å²) in [6.07, 6.45) is 0.958. The Balaban J connectivity index is 2.97. The fourth-order valence-corrected chi connectivity index (χ4v) is 1.31. The van der Waals surface area contributed by atoms with Crippen LogP contribution in [0.2, 0.25) is 0 Å². The predicted octanol–water partition coefficient (Wildman–Crippen LogP) is 2.81. The van der Waals surface area contributed by atoms with E-state index in [4.69, 9.17) is 4.74 Å². The number of nitrogens with zero attached hydrogens (tertiary/aromatic N) is 1. The quantitative estimate of drug-likeness (QED) is 0.617. The molecule has 0 fully saturated rings. The molecule has 1 rings (SSSR count). The maximum absolute atomic E-state index is 10.8. The first-order valence-electron chi connectivity index (χ1n) is 5.17. The van der Waals surface area contributed by atoms with Gasteiger partial charge in [0, 0.05) is 17.8 Å². The van der Waals surface area contributed by atoms with Crippen LogP contribution in [0.25, 0.3) is 0 Å². The smallest absolute Gasteiger partial charge is 0.312 e. The number of nitro groups is 1. The lowest BCUT2D eigenvalue weighted by atomic mass is 10.2. The molecule has 1 aromatic rings. The minimum atomic E-state index is -0.444. The molecule has 1 N–H and O–H groups in total. The van der Waals surface area contributed by atoms with Crippen LogP contribution in [-0.4, -0.2) is 18.1 Å². The fraction of sp³-hybridized carbons (Fsp3) is 0.455. The standard InChI is InChI=1S/C11H16N2O3/c1-4-8(2)12-9-5-6-11(16-3)10(7-9)13(14)15/h5-8,12H,4H2,1-3H3. The topological polar surface area (TPSA) is 64.4 Å². The van der Waals surface area contributed by atoms with Crippen LogP contribution in [0, 0.1) is 10.1 Å². The van der Waals surface area contributed by atoms with Gasteiger partial charge < -0.3 is 10.1 Å². The van der Waals surface area contributed by atoms with Crippen LogP contribution in [0.4, 0.5) is 11.4 Å². The van der Waals surface area contributed by atoms with Crippen LogP contribution in [0.15, 0.2) is 18.2 Å². The Labute approximate surface area is 94.6 Å². The van der Waals surface area contributed by atoms with E-state index < -0.39 is 4.92 Å². The Bertz CT molecular complexity index is 379. The molecular weight excluding hydrogens is 208 g/mol. The molecule has 1 unspecified atom stereocenters. The molecule has 1 atom stereocenters. The Morgan fingerprint density at radius 1 is 1.56 bits per heavy atom. The highest BCUT2D eigenvalue weighted by molar-refractivity contribution is 5.58. The molecule has 5 nitrogen and oxygen atoms in total. The van der Waals surface area contributed by atoms with Gasteiger partial charge in [-0.2, -0.15) is 0 Å². The lowest BCUT2D eigenvalue weighted by Gasteiger charge is -2.13. The molecule has 0 heterocycles. The first-order chi connectivity index (χ1) is 7.58. The largest absolute Gasteiger partial charge is 0.490 e. The van der Waals surface area contributed by atoms with Crippen molar-refractivity contribution in [2.75, 3.05) is 12.4 Å². The highest BCUT2D eigenvalue weighted by atomic mass is 16.6. The summed E-state index contributed by atoms with van der Waals surface area (Å²) in [4.78, 5) is 10.3. The van der Waals surface area contributed by atoms with E-state index in [1.54, 1.807) is 12.1 Å². The third-order valence-corrected chi connectivity index (χ3v) is 2.40. The van der Waals surface area contributed by atoms with Crippen molar-refractivity contribution in [3.8, 4) is 5.75 Å². The van der Waals surface area contributed by atoms with Gasteiger partial charge in [0.1, 0.15) is 0 Å². The zero-order valence-corrected chi connectivity index (χ0v) is 9.69.